The summed E-state index contributed by atoms with van der Waals surface area (Å²) in [6.45, 7) is 4.62. The Morgan fingerprint density at radius 2 is 1.75 bits per heavy atom. The zero-order valence-corrected chi connectivity index (χ0v) is 16.6. The Balaban J connectivity index is 2.17. The van der Waals surface area contributed by atoms with Gasteiger partial charge < -0.3 is 0 Å². The molecule has 0 atom stereocenters. The van der Waals surface area contributed by atoms with Gasteiger partial charge in [0, 0.05) is 0 Å². The van der Waals surface area contributed by atoms with Crippen molar-refractivity contribution in [2.75, 3.05) is 0 Å². The summed E-state index contributed by atoms with van der Waals surface area (Å²) in [6, 6.07) is 13.6. The van der Waals surface area contributed by atoms with Gasteiger partial charge in [-0.15, -0.1) is 0 Å². The van der Waals surface area contributed by atoms with Gasteiger partial charge in [-0.05, 0) is 0 Å². The van der Waals surface area contributed by atoms with E-state index in [0.29, 0.717) is 14.5 Å². The summed E-state index contributed by atoms with van der Waals surface area (Å²) in [6.07, 6.45) is 6.83. The molecular weight excluding hydrogens is 423 g/mol. The van der Waals surface area contributed by atoms with E-state index in [1.54, 1.807) is 8.05 Å². The Morgan fingerprint density at radius 1 is 1.00 bits per heavy atom. The Morgan fingerprint density at radius 3 is 2.45 bits per heavy atom. The van der Waals surface area contributed by atoms with Crippen LogP contribution in [0.1, 0.15) is 44.0 Å². The third kappa shape index (κ3) is 4.78. The van der Waals surface area contributed by atoms with Crippen molar-refractivity contribution in [2.45, 2.75) is 50.4 Å². The van der Waals surface area contributed by atoms with Crippen molar-refractivity contribution in [3.8, 4) is 10.0 Å². The summed E-state index contributed by atoms with van der Waals surface area (Å²) in [4.78, 5) is 0. The Labute approximate surface area is 139 Å². The van der Waals surface area contributed by atoms with Crippen LogP contribution in [-0.4, -0.2) is 35.4 Å². The van der Waals surface area contributed by atoms with Gasteiger partial charge in [-0.25, -0.2) is 0 Å². The van der Waals surface area contributed by atoms with Crippen LogP contribution in [0, 0.1) is 0 Å². The summed E-state index contributed by atoms with van der Waals surface area (Å²) < 4.78 is 6.75. The van der Waals surface area contributed by atoms with Crippen LogP contribution in [0.5, 0.6) is 0 Å². The van der Waals surface area contributed by atoms with Crippen molar-refractivity contribution in [1.82, 2.24) is 0 Å². The number of aryl methyl sites for hydroxylation is 1. The van der Waals surface area contributed by atoms with E-state index in [-0.39, 0.29) is 20.9 Å². The van der Waals surface area contributed by atoms with E-state index >= 15 is 0 Å². The molecule has 0 aliphatic heterocycles. The molecule has 1 aromatic heterocycles. The minimum atomic E-state index is 0.0676. The SMILES string of the molecule is CCCC[Te]c1cc(-c2ccccc2)[se]c1CCCC. The molecule has 2 heteroatoms. The van der Waals surface area contributed by atoms with Crippen LogP contribution in [0.3, 0.4) is 0 Å². The molecule has 108 valence electrons. The third-order valence-corrected chi connectivity index (χ3v) is 10.2. The van der Waals surface area contributed by atoms with Crippen molar-refractivity contribution >= 4 is 39.0 Å². The van der Waals surface area contributed by atoms with Crippen LogP contribution in [0.15, 0.2) is 36.4 Å². The summed E-state index contributed by atoms with van der Waals surface area (Å²) in [5, 5.41) is 0. The molecule has 0 saturated carbocycles. The number of rotatable bonds is 8. The number of hydrogen-bond acceptors (Lipinski definition) is 0. The first-order valence-electron chi connectivity index (χ1n) is 7.66. The minimum absolute atomic E-state index is 0.0676. The molecule has 1 aromatic carbocycles. The molecule has 2 rings (SSSR count). The van der Waals surface area contributed by atoms with E-state index in [9.17, 15) is 0 Å². The monoisotopic (exact) mass is 450 g/mol. The van der Waals surface area contributed by atoms with Gasteiger partial charge in [0.25, 0.3) is 0 Å². The van der Waals surface area contributed by atoms with Crippen LogP contribution in [0.25, 0.3) is 10.0 Å². The van der Waals surface area contributed by atoms with Crippen LogP contribution in [0.2, 0.25) is 4.47 Å². The average molecular weight is 447 g/mol. The van der Waals surface area contributed by atoms with Crippen molar-refractivity contribution in [2.24, 2.45) is 0 Å². The molecule has 0 nitrogen and oxygen atoms in total. The standard InChI is InChI=1S/C18H24SeTe/c1-3-5-12-16-18(20-13-6-4-2)14-17(19-16)15-10-8-7-9-11-15/h7-11,14H,3-6,12-13H2,1-2H3. The maximum atomic E-state index is 2.57. The van der Waals surface area contributed by atoms with Crippen molar-refractivity contribution in [3.05, 3.63) is 40.8 Å². The van der Waals surface area contributed by atoms with Crippen LogP contribution < -0.4 is 3.61 Å². The van der Waals surface area contributed by atoms with Gasteiger partial charge in [0.05, 0.1) is 0 Å². The zero-order valence-electron chi connectivity index (χ0n) is 12.5. The fraction of sp³-hybridized carbons (Fsp3) is 0.444. The Kier molecular flexibility index (Phi) is 7.46. The molecule has 0 radical (unpaired) electrons. The molecule has 0 spiro atoms. The fourth-order valence-corrected chi connectivity index (χ4v) is 9.59. The van der Waals surface area contributed by atoms with E-state index < -0.39 is 0 Å². The third-order valence-electron chi connectivity index (χ3n) is 3.34. The van der Waals surface area contributed by atoms with E-state index in [0.717, 1.165) is 0 Å². The quantitative estimate of drug-likeness (QED) is 0.419. The van der Waals surface area contributed by atoms with E-state index in [2.05, 4.69) is 50.2 Å². The Hall–Kier alpha value is 0.00909. The summed E-state index contributed by atoms with van der Waals surface area (Å²) in [5.74, 6) is 0. The van der Waals surface area contributed by atoms with E-state index in [1.165, 1.54) is 42.1 Å². The second-order valence-electron chi connectivity index (χ2n) is 5.07. The van der Waals surface area contributed by atoms with Crippen molar-refractivity contribution in [3.63, 3.8) is 0 Å². The van der Waals surface area contributed by atoms with Gasteiger partial charge in [-0.1, -0.05) is 0 Å². The number of benzene rings is 1. The van der Waals surface area contributed by atoms with Crippen molar-refractivity contribution in [1.29, 1.82) is 0 Å². The molecule has 0 aliphatic rings. The van der Waals surface area contributed by atoms with Gasteiger partial charge in [-0.3, -0.25) is 0 Å². The van der Waals surface area contributed by atoms with Gasteiger partial charge in [-0.2, -0.15) is 0 Å². The van der Waals surface area contributed by atoms with Crippen LogP contribution in [-0.2, 0) is 6.42 Å². The molecule has 0 unspecified atom stereocenters. The van der Waals surface area contributed by atoms with Gasteiger partial charge in [0.1, 0.15) is 0 Å². The first kappa shape index (κ1) is 16.4. The topological polar surface area (TPSA) is 0 Å². The van der Waals surface area contributed by atoms with E-state index in [1.807, 2.05) is 4.44 Å². The predicted octanol–water partition coefficient (Wildman–Crippen LogP) is 4.30. The number of unbranched alkanes of at least 4 members (excludes halogenated alkanes) is 2. The first-order valence-corrected chi connectivity index (χ1v) is 12.2. The molecular formula is C18H24SeTe. The molecule has 0 aliphatic carbocycles. The second-order valence-corrected chi connectivity index (χ2v) is 10.7. The molecule has 0 N–H and O–H groups in total. The molecule has 0 amide bonds. The second kappa shape index (κ2) is 9.11. The molecule has 20 heavy (non-hydrogen) atoms. The summed E-state index contributed by atoms with van der Waals surface area (Å²) >= 11 is 0.668. The molecule has 0 bridgehead atoms. The molecule has 2 aromatic rings. The summed E-state index contributed by atoms with van der Waals surface area (Å²) in [5.41, 5.74) is 1.46. The summed E-state index contributed by atoms with van der Waals surface area (Å²) in [7, 11) is 0. The zero-order chi connectivity index (χ0) is 14.2. The van der Waals surface area contributed by atoms with Crippen molar-refractivity contribution < 1.29 is 0 Å². The average Bonchev–Trinajstić information content (AvgIpc) is 2.89. The molecule has 0 saturated heterocycles. The fourth-order valence-electron chi connectivity index (χ4n) is 2.12. The van der Waals surface area contributed by atoms with E-state index in [4.69, 9.17) is 0 Å². The maximum absolute atomic E-state index is 2.57. The van der Waals surface area contributed by atoms with Crippen LogP contribution >= 0.6 is 0 Å². The van der Waals surface area contributed by atoms with Crippen LogP contribution in [0.4, 0.5) is 0 Å². The molecule has 0 fully saturated rings. The first-order chi connectivity index (χ1) is 9.85. The van der Waals surface area contributed by atoms with Gasteiger partial charge >= 0.3 is 140 Å². The normalized spacial score (nSPS) is 10.9. The molecule has 1 heterocycles. The predicted molar refractivity (Wildman–Crippen MR) is 92.5 cm³/mol. The Bertz CT molecular complexity index is 501. The van der Waals surface area contributed by atoms with Gasteiger partial charge in [0.15, 0.2) is 0 Å². The van der Waals surface area contributed by atoms with Gasteiger partial charge in [0.2, 0.25) is 0 Å². The number of hydrogen-bond donors (Lipinski definition) is 0.